The molecule has 0 radical (unpaired) electrons. The molecule has 1 nitrogen and oxygen atoms in total. The molecule has 0 aromatic heterocycles. The van der Waals surface area contributed by atoms with Crippen LogP contribution in [0, 0.1) is 0 Å². The van der Waals surface area contributed by atoms with Crippen LogP contribution in [-0.2, 0) is 0 Å². The van der Waals surface area contributed by atoms with Gasteiger partial charge in [0.1, 0.15) is 0 Å². The molecule has 0 N–H and O–H groups in total. The normalized spacial score (nSPS) is 19.3. The highest BCUT2D eigenvalue weighted by Crippen LogP contribution is 2.30. The van der Waals surface area contributed by atoms with Crippen molar-refractivity contribution < 1.29 is 0 Å². The van der Waals surface area contributed by atoms with Crippen LogP contribution in [0.4, 0.5) is 0 Å². The quantitative estimate of drug-likeness (QED) is 0.661. The van der Waals surface area contributed by atoms with E-state index in [0.717, 1.165) is 6.42 Å². The summed E-state index contributed by atoms with van der Waals surface area (Å²) in [6.45, 7) is 0. The first-order chi connectivity index (χ1) is 8.95. The van der Waals surface area contributed by atoms with Gasteiger partial charge in [-0.3, -0.25) is 0 Å². The molecule has 4 rings (SSSR count). The molecule has 0 amide bonds. The zero-order valence-corrected chi connectivity index (χ0v) is 10.0. The number of hydrogen-bond acceptors (Lipinski definition) is 1. The van der Waals surface area contributed by atoms with E-state index in [4.69, 9.17) is 0 Å². The molecule has 18 heavy (non-hydrogen) atoms. The third-order valence-corrected chi connectivity index (χ3v) is 3.67. The molecular weight excluding hydrogens is 218 g/mol. The Morgan fingerprint density at radius 3 is 2.78 bits per heavy atom. The number of hydrogen-bond donors (Lipinski definition) is 0. The molecule has 1 aromatic carbocycles. The Morgan fingerprint density at radius 1 is 0.944 bits per heavy atom. The van der Waals surface area contributed by atoms with Crippen molar-refractivity contribution in [1.82, 2.24) is 4.90 Å². The summed E-state index contributed by atoms with van der Waals surface area (Å²) >= 11 is 0. The van der Waals surface area contributed by atoms with Crippen LogP contribution in [0.5, 0.6) is 0 Å². The monoisotopic (exact) mass is 231 g/mol. The predicted molar refractivity (Wildman–Crippen MR) is 74.5 cm³/mol. The summed E-state index contributed by atoms with van der Waals surface area (Å²) in [6, 6.07) is 8.68. The Balaban J connectivity index is 2.20. The smallest absolute Gasteiger partial charge is 0.0534 e. The molecule has 0 saturated carbocycles. The Morgan fingerprint density at radius 2 is 1.83 bits per heavy atom. The molecule has 0 unspecified atom stereocenters. The van der Waals surface area contributed by atoms with Gasteiger partial charge in [0.25, 0.3) is 0 Å². The average Bonchev–Trinajstić information content (AvgIpc) is 2.48. The highest BCUT2D eigenvalue weighted by Gasteiger charge is 2.22. The lowest BCUT2D eigenvalue weighted by molar-refractivity contribution is 0.667. The van der Waals surface area contributed by atoms with Crippen molar-refractivity contribution in [2.75, 3.05) is 0 Å². The Hall–Kier alpha value is -2.28. The summed E-state index contributed by atoms with van der Waals surface area (Å²) in [4.78, 5) is 2.29. The average molecular weight is 231 g/mol. The fourth-order valence-electron chi connectivity index (χ4n) is 2.87. The van der Waals surface area contributed by atoms with E-state index in [1.165, 1.54) is 27.4 Å². The number of nitrogens with zero attached hydrogens (tertiary/aromatic N) is 1. The number of rotatable bonds is 0. The van der Waals surface area contributed by atoms with Crippen LogP contribution in [0.25, 0.3) is 11.3 Å². The third-order valence-electron chi connectivity index (χ3n) is 3.67. The molecule has 86 valence electrons. The second-order valence-corrected chi connectivity index (χ2v) is 4.66. The second-order valence-electron chi connectivity index (χ2n) is 4.66. The lowest BCUT2D eigenvalue weighted by Gasteiger charge is -2.32. The van der Waals surface area contributed by atoms with Crippen molar-refractivity contribution in [3.05, 3.63) is 83.1 Å². The van der Waals surface area contributed by atoms with Gasteiger partial charge in [0, 0.05) is 17.1 Å². The van der Waals surface area contributed by atoms with Crippen molar-refractivity contribution in [2.45, 2.75) is 6.42 Å². The molecule has 1 heteroatoms. The van der Waals surface area contributed by atoms with Gasteiger partial charge in [0.2, 0.25) is 0 Å². The molecule has 0 saturated heterocycles. The fourth-order valence-corrected chi connectivity index (χ4v) is 2.87. The summed E-state index contributed by atoms with van der Waals surface area (Å²) in [7, 11) is 0. The summed E-state index contributed by atoms with van der Waals surface area (Å²) in [6.07, 6.45) is 16.1. The zero-order valence-electron chi connectivity index (χ0n) is 10.0. The first-order valence-electron chi connectivity index (χ1n) is 6.29. The Labute approximate surface area is 106 Å². The van der Waals surface area contributed by atoms with Gasteiger partial charge in [-0.05, 0) is 35.4 Å². The highest BCUT2D eigenvalue weighted by atomic mass is 15.1. The molecular formula is C17H13N. The summed E-state index contributed by atoms with van der Waals surface area (Å²) in [5, 5.41) is 2.71. The van der Waals surface area contributed by atoms with Crippen LogP contribution in [-0.4, -0.2) is 4.90 Å². The number of allylic oxidation sites excluding steroid dienone is 6. The van der Waals surface area contributed by atoms with E-state index in [1.54, 1.807) is 0 Å². The van der Waals surface area contributed by atoms with E-state index in [0.29, 0.717) is 0 Å². The standard InChI is InChI=1S/C17H13N/c1-2-8-14-13(7-1)15-9-3-4-10-16(15)18-12-6-5-11-17(14)18/h1-8,10-12H,9H2. The van der Waals surface area contributed by atoms with Gasteiger partial charge in [0.15, 0.2) is 0 Å². The lowest BCUT2D eigenvalue weighted by Crippen LogP contribution is -2.39. The number of benzene rings is 1. The largest absolute Gasteiger partial charge is 0.316 e. The highest BCUT2D eigenvalue weighted by molar-refractivity contribution is 5.77. The molecule has 0 fully saturated rings. The minimum Gasteiger partial charge on any atom is -0.316 e. The van der Waals surface area contributed by atoms with Gasteiger partial charge in [-0.25, -0.2) is 0 Å². The van der Waals surface area contributed by atoms with Gasteiger partial charge in [-0.2, -0.15) is 0 Å². The molecule has 1 aliphatic carbocycles. The molecule has 2 heterocycles. The minimum atomic E-state index is 1.02. The molecule has 3 aliphatic rings. The Kier molecular flexibility index (Phi) is 1.95. The molecule has 0 atom stereocenters. The van der Waals surface area contributed by atoms with Gasteiger partial charge in [-0.1, -0.05) is 42.5 Å². The van der Waals surface area contributed by atoms with Crippen LogP contribution in [0.15, 0.2) is 72.6 Å². The van der Waals surface area contributed by atoms with Crippen molar-refractivity contribution in [3.63, 3.8) is 0 Å². The van der Waals surface area contributed by atoms with Crippen molar-refractivity contribution in [2.24, 2.45) is 0 Å². The Bertz CT molecular complexity index is 742. The van der Waals surface area contributed by atoms with Crippen LogP contribution in [0.2, 0.25) is 0 Å². The van der Waals surface area contributed by atoms with Crippen LogP contribution < -0.4 is 10.4 Å². The third kappa shape index (κ3) is 1.22. The van der Waals surface area contributed by atoms with Crippen LogP contribution in [0.3, 0.4) is 0 Å². The zero-order chi connectivity index (χ0) is 11.9. The maximum Gasteiger partial charge on any atom is 0.0534 e. The van der Waals surface area contributed by atoms with Gasteiger partial charge < -0.3 is 4.90 Å². The SMILES string of the molecule is C1=CCC2=c3ccccc3=C3C=CC=CN3C2=C1. The topological polar surface area (TPSA) is 3.24 Å². The second kappa shape index (κ2) is 3.61. The van der Waals surface area contributed by atoms with Crippen molar-refractivity contribution in [1.29, 1.82) is 0 Å². The molecule has 0 bridgehead atoms. The number of fused-ring (bicyclic) bond motifs is 4. The first kappa shape index (κ1) is 9.72. The maximum atomic E-state index is 2.29. The molecule has 1 aromatic rings. The minimum absolute atomic E-state index is 1.02. The molecule has 2 aliphatic heterocycles. The summed E-state index contributed by atoms with van der Waals surface area (Å²) < 4.78 is 0. The van der Waals surface area contributed by atoms with E-state index < -0.39 is 0 Å². The van der Waals surface area contributed by atoms with Crippen LogP contribution >= 0.6 is 0 Å². The van der Waals surface area contributed by atoms with Crippen LogP contribution in [0.1, 0.15) is 6.42 Å². The fraction of sp³-hybridized carbons (Fsp3) is 0.0588. The van der Waals surface area contributed by atoms with Gasteiger partial charge in [0.05, 0.1) is 5.70 Å². The van der Waals surface area contributed by atoms with E-state index >= 15 is 0 Å². The van der Waals surface area contributed by atoms with E-state index in [9.17, 15) is 0 Å². The maximum absolute atomic E-state index is 2.29. The molecule has 0 spiro atoms. The summed E-state index contributed by atoms with van der Waals surface area (Å²) in [5.41, 5.74) is 4.02. The van der Waals surface area contributed by atoms with E-state index in [-0.39, 0.29) is 0 Å². The van der Waals surface area contributed by atoms with Gasteiger partial charge in [-0.15, -0.1) is 0 Å². The first-order valence-corrected chi connectivity index (χ1v) is 6.29. The predicted octanol–water partition coefficient (Wildman–Crippen LogP) is 2.19. The van der Waals surface area contributed by atoms with Gasteiger partial charge >= 0.3 is 0 Å². The van der Waals surface area contributed by atoms with E-state index in [1.807, 2.05) is 0 Å². The summed E-state index contributed by atoms with van der Waals surface area (Å²) in [5.74, 6) is 0. The van der Waals surface area contributed by atoms with Crippen molar-refractivity contribution in [3.8, 4) is 0 Å². The van der Waals surface area contributed by atoms with E-state index in [2.05, 4.69) is 71.8 Å². The van der Waals surface area contributed by atoms with Crippen molar-refractivity contribution >= 4 is 11.3 Å². The lowest BCUT2D eigenvalue weighted by atomic mass is 9.94.